The maximum absolute atomic E-state index is 6.25. The summed E-state index contributed by atoms with van der Waals surface area (Å²) in [6, 6.07) is 10.9. The summed E-state index contributed by atoms with van der Waals surface area (Å²) >= 11 is 18.3. The Morgan fingerprint density at radius 1 is 1.05 bits per heavy atom. The first kappa shape index (κ1) is 14.6. The Bertz CT molecular complexity index is 599. The monoisotopic (exact) mass is 314 g/mol. The van der Waals surface area contributed by atoms with Gasteiger partial charge >= 0.3 is 0 Å². The largest absolute Gasteiger partial charge is 0.271 e. The molecule has 0 spiro atoms. The molecule has 2 aromatic carbocycles. The fourth-order valence-corrected chi connectivity index (χ4v) is 2.70. The molecule has 0 bridgehead atoms. The molecule has 19 heavy (non-hydrogen) atoms. The minimum Gasteiger partial charge on any atom is -0.271 e. The van der Waals surface area contributed by atoms with Gasteiger partial charge in [-0.05, 0) is 41.8 Å². The van der Waals surface area contributed by atoms with Crippen LogP contribution in [-0.4, -0.2) is 0 Å². The molecule has 0 aliphatic heterocycles. The van der Waals surface area contributed by atoms with Crippen LogP contribution in [0.4, 0.5) is 0 Å². The number of hydrazine groups is 1. The van der Waals surface area contributed by atoms with Gasteiger partial charge in [0.05, 0.1) is 16.1 Å². The van der Waals surface area contributed by atoms with E-state index in [1.165, 1.54) is 0 Å². The minimum absolute atomic E-state index is 0.233. The zero-order valence-electron chi connectivity index (χ0n) is 10.3. The number of benzene rings is 2. The molecule has 5 heteroatoms. The van der Waals surface area contributed by atoms with Gasteiger partial charge in [0.2, 0.25) is 0 Å². The lowest BCUT2D eigenvalue weighted by Crippen LogP contribution is -2.29. The van der Waals surface area contributed by atoms with Crippen LogP contribution >= 0.6 is 34.8 Å². The molecule has 0 radical (unpaired) electrons. The third-order valence-corrected chi connectivity index (χ3v) is 4.07. The van der Waals surface area contributed by atoms with Gasteiger partial charge < -0.3 is 0 Å². The number of hydrogen-bond donors (Lipinski definition) is 2. The Morgan fingerprint density at radius 3 is 2.42 bits per heavy atom. The van der Waals surface area contributed by atoms with Gasteiger partial charge in [-0.2, -0.15) is 0 Å². The average molecular weight is 316 g/mol. The molecule has 0 aliphatic carbocycles. The van der Waals surface area contributed by atoms with Gasteiger partial charge in [0.1, 0.15) is 0 Å². The molecule has 2 nitrogen and oxygen atoms in total. The molecular formula is C14H13Cl3N2. The lowest BCUT2D eigenvalue weighted by molar-refractivity contribution is 0.634. The number of halogens is 3. The van der Waals surface area contributed by atoms with Crippen molar-refractivity contribution in [1.82, 2.24) is 5.43 Å². The standard InChI is InChI=1S/C14H13Cl3N2/c1-8-7-9(15)5-6-10(8)14(19-18)11-3-2-4-12(16)13(11)17/h2-7,14,19H,18H2,1H3. The molecule has 1 atom stereocenters. The smallest absolute Gasteiger partial charge is 0.0727 e. The molecule has 3 N–H and O–H groups in total. The molecule has 0 heterocycles. The van der Waals surface area contributed by atoms with E-state index >= 15 is 0 Å². The van der Waals surface area contributed by atoms with Gasteiger partial charge in [-0.25, -0.2) is 5.43 Å². The molecule has 100 valence electrons. The third kappa shape index (κ3) is 3.04. The van der Waals surface area contributed by atoms with Crippen LogP contribution in [0, 0.1) is 6.92 Å². The summed E-state index contributed by atoms with van der Waals surface area (Å²) in [5.74, 6) is 5.68. The van der Waals surface area contributed by atoms with Crippen LogP contribution in [0.25, 0.3) is 0 Å². The van der Waals surface area contributed by atoms with Crippen molar-refractivity contribution in [3.05, 3.63) is 68.2 Å². The van der Waals surface area contributed by atoms with Crippen molar-refractivity contribution >= 4 is 34.8 Å². The summed E-state index contributed by atoms with van der Waals surface area (Å²) in [5, 5.41) is 1.70. The van der Waals surface area contributed by atoms with Crippen molar-refractivity contribution in [2.24, 2.45) is 5.84 Å². The Hall–Kier alpha value is -0.770. The third-order valence-electron chi connectivity index (χ3n) is 3.00. The molecule has 2 rings (SSSR count). The number of rotatable bonds is 3. The van der Waals surface area contributed by atoms with E-state index in [2.05, 4.69) is 5.43 Å². The fraction of sp³-hybridized carbons (Fsp3) is 0.143. The summed E-state index contributed by atoms with van der Waals surface area (Å²) < 4.78 is 0. The zero-order valence-corrected chi connectivity index (χ0v) is 12.5. The second kappa shape index (κ2) is 6.12. The molecular weight excluding hydrogens is 303 g/mol. The lowest BCUT2D eigenvalue weighted by atomic mass is 9.95. The molecule has 0 fully saturated rings. The van der Waals surface area contributed by atoms with E-state index < -0.39 is 0 Å². The molecule has 2 aromatic rings. The van der Waals surface area contributed by atoms with Crippen LogP contribution in [0.2, 0.25) is 15.1 Å². The van der Waals surface area contributed by atoms with Gasteiger partial charge in [0.15, 0.2) is 0 Å². The maximum Gasteiger partial charge on any atom is 0.0727 e. The Morgan fingerprint density at radius 2 is 1.79 bits per heavy atom. The van der Waals surface area contributed by atoms with Crippen LogP contribution in [-0.2, 0) is 0 Å². The van der Waals surface area contributed by atoms with E-state index in [0.29, 0.717) is 15.1 Å². The summed E-state index contributed by atoms with van der Waals surface area (Å²) in [5.41, 5.74) is 5.66. The van der Waals surface area contributed by atoms with Gasteiger partial charge in [0.25, 0.3) is 0 Å². The maximum atomic E-state index is 6.25. The first-order valence-corrected chi connectivity index (χ1v) is 6.84. The molecule has 0 aromatic heterocycles. The van der Waals surface area contributed by atoms with E-state index in [4.69, 9.17) is 40.6 Å². The zero-order chi connectivity index (χ0) is 14.0. The second-order valence-electron chi connectivity index (χ2n) is 4.24. The lowest BCUT2D eigenvalue weighted by Gasteiger charge is -2.20. The topological polar surface area (TPSA) is 38.0 Å². The predicted octanol–water partition coefficient (Wildman–Crippen LogP) is 4.51. The molecule has 0 saturated heterocycles. The molecule has 1 unspecified atom stereocenters. The van der Waals surface area contributed by atoms with E-state index in [9.17, 15) is 0 Å². The predicted molar refractivity (Wildman–Crippen MR) is 81.8 cm³/mol. The van der Waals surface area contributed by atoms with Crippen molar-refractivity contribution in [3.8, 4) is 0 Å². The van der Waals surface area contributed by atoms with Gasteiger partial charge in [-0.15, -0.1) is 0 Å². The van der Waals surface area contributed by atoms with Gasteiger partial charge in [-0.1, -0.05) is 53.0 Å². The van der Waals surface area contributed by atoms with E-state index in [1.54, 1.807) is 6.07 Å². The SMILES string of the molecule is Cc1cc(Cl)ccc1C(NN)c1cccc(Cl)c1Cl. The van der Waals surface area contributed by atoms with Crippen molar-refractivity contribution < 1.29 is 0 Å². The molecule has 0 aliphatic rings. The summed E-state index contributed by atoms with van der Waals surface area (Å²) in [4.78, 5) is 0. The minimum atomic E-state index is -0.233. The van der Waals surface area contributed by atoms with Gasteiger partial charge in [0, 0.05) is 5.02 Å². The fourth-order valence-electron chi connectivity index (χ4n) is 2.05. The van der Waals surface area contributed by atoms with Crippen LogP contribution in [0.3, 0.4) is 0 Å². The van der Waals surface area contributed by atoms with Crippen molar-refractivity contribution in [3.63, 3.8) is 0 Å². The summed E-state index contributed by atoms with van der Waals surface area (Å²) in [7, 11) is 0. The van der Waals surface area contributed by atoms with Crippen LogP contribution in [0.5, 0.6) is 0 Å². The Kier molecular flexibility index (Phi) is 4.71. The van der Waals surface area contributed by atoms with Crippen LogP contribution < -0.4 is 11.3 Å². The highest BCUT2D eigenvalue weighted by molar-refractivity contribution is 6.42. The number of nitrogens with one attached hydrogen (secondary N) is 1. The van der Waals surface area contributed by atoms with Crippen molar-refractivity contribution in [2.45, 2.75) is 13.0 Å². The number of aryl methyl sites for hydroxylation is 1. The van der Waals surface area contributed by atoms with Gasteiger partial charge in [-0.3, -0.25) is 5.84 Å². The van der Waals surface area contributed by atoms with E-state index in [1.807, 2.05) is 37.3 Å². The molecule has 0 saturated carbocycles. The summed E-state index contributed by atoms with van der Waals surface area (Å²) in [6.45, 7) is 1.98. The van der Waals surface area contributed by atoms with Crippen molar-refractivity contribution in [1.29, 1.82) is 0 Å². The quantitative estimate of drug-likeness (QED) is 0.646. The van der Waals surface area contributed by atoms with Crippen molar-refractivity contribution in [2.75, 3.05) is 0 Å². The van der Waals surface area contributed by atoms with E-state index in [-0.39, 0.29) is 6.04 Å². The number of hydrogen-bond acceptors (Lipinski definition) is 2. The highest BCUT2D eigenvalue weighted by Crippen LogP contribution is 2.34. The second-order valence-corrected chi connectivity index (χ2v) is 5.47. The Labute approximate surface area is 127 Å². The highest BCUT2D eigenvalue weighted by atomic mass is 35.5. The first-order valence-electron chi connectivity index (χ1n) is 5.70. The first-order chi connectivity index (χ1) is 9.04. The van der Waals surface area contributed by atoms with Crippen LogP contribution in [0.1, 0.15) is 22.7 Å². The van der Waals surface area contributed by atoms with Crippen LogP contribution in [0.15, 0.2) is 36.4 Å². The Balaban J connectivity index is 2.53. The van der Waals surface area contributed by atoms with E-state index in [0.717, 1.165) is 16.7 Å². The number of nitrogens with two attached hydrogens (primary N) is 1. The molecule has 0 amide bonds. The average Bonchev–Trinajstić information content (AvgIpc) is 2.37. The normalized spacial score (nSPS) is 12.5. The summed E-state index contributed by atoms with van der Waals surface area (Å²) in [6.07, 6.45) is 0. The highest BCUT2D eigenvalue weighted by Gasteiger charge is 2.18.